The predicted octanol–water partition coefficient (Wildman–Crippen LogP) is 2.56. The Kier molecular flexibility index (Phi) is 3.86. The van der Waals surface area contributed by atoms with Gasteiger partial charge in [-0.25, -0.2) is 4.68 Å². The Balaban J connectivity index is 1.49. The minimum Gasteiger partial charge on any atom is -0.393 e. The molecule has 6 nitrogen and oxygen atoms in total. The topological polar surface area (TPSA) is 76.4 Å². The third-order valence-corrected chi connectivity index (χ3v) is 5.65. The van der Waals surface area contributed by atoms with Gasteiger partial charge < -0.3 is 15.2 Å². The van der Waals surface area contributed by atoms with E-state index in [0.717, 1.165) is 16.9 Å². The van der Waals surface area contributed by atoms with Gasteiger partial charge in [-0.2, -0.15) is 5.10 Å². The highest BCUT2D eigenvalue weighted by Crippen LogP contribution is 2.51. The fourth-order valence-electron chi connectivity index (χ4n) is 4.32. The minimum absolute atomic E-state index is 0.00920. The normalized spacial score (nSPS) is 25.3. The average molecular weight is 375 g/mol. The van der Waals surface area contributed by atoms with Crippen LogP contribution in [-0.2, 0) is 4.74 Å². The summed E-state index contributed by atoms with van der Waals surface area (Å²) in [6.07, 6.45) is 1.29. The van der Waals surface area contributed by atoms with Gasteiger partial charge in [0, 0.05) is 18.4 Å². The summed E-state index contributed by atoms with van der Waals surface area (Å²) in [7, 11) is 0. The smallest absolute Gasteiger partial charge is 0.270 e. The molecule has 2 aliphatic heterocycles. The molecule has 142 valence electrons. The number of hydrogen-bond acceptors (Lipinski definition) is 4. The van der Waals surface area contributed by atoms with E-state index in [2.05, 4.69) is 5.32 Å². The molecular weight excluding hydrogens is 354 g/mol. The summed E-state index contributed by atoms with van der Waals surface area (Å²) in [5.41, 5.74) is 2.14. The number of aliphatic hydroxyl groups excluding tert-OH is 1. The zero-order valence-corrected chi connectivity index (χ0v) is 15.3. The number of benzene rings is 2. The van der Waals surface area contributed by atoms with E-state index >= 15 is 0 Å². The van der Waals surface area contributed by atoms with E-state index in [1.165, 1.54) is 0 Å². The van der Waals surface area contributed by atoms with Crippen molar-refractivity contribution in [2.24, 2.45) is 0 Å². The second-order valence-corrected chi connectivity index (χ2v) is 7.75. The summed E-state index contributed by atoms with van der Waals surface area (Å²) in [6, 6.07) is 21.3. The van der Waals surface area contributed by atoms with Crippen LogP contribution < -0.4 is 5.32 Å². The Labute approximate surface area is 162 Å². The van der Waals surface area contributed by atoms with Crippen molar-refractivity contribution in [2.45, 2.75) is 24.0 Å². The van der Waals surface area contributed by atoms with Crippen LogP contribution in [0.5, 0.6) is 0 Å². The van der Waals surface area contributed by atoms with E-state index in [4.69, 9.17) is 9.84 Å². The van der Waals surface area contributed by atoms with Gasteiger partial charge in [0.05, 0.1) is 35.7 Å². The molecule has 2 N–H and O–H groups in total. The minimum atomic E-state index is -0.470. The van der Waals surface area contributed by atoms with Crippen molar-refractivity contribution in [3.8, 4) is 16.9 Å². The number of fused-ring (bicyclic) bond motifs is 1. The molecule has 2 aromatic carbocycles. The van der Waals surface area contributed by atoms with Crippen molar-refractivity contribution in [3.63, 3.8) is 0 Å². The highest BCUT2D eigenvalue weighted by molar-refractivity contribution is 5.95. The van der Waals surface area contributed by atoms with Gasteiger partial charge in [0.1, 0.15) is 5.69 Å². The number of amides is 1. The lowest BCUT2D eigenvalue weighted by Gasteiger charge is -2.43. The second kappa shape index (κ2) is 6.29. The van der Waals surface area contributed by atoms with Crippen molar-refractivity contribution in [2.75, 3.05) is 13.2 Å². The summed E-state index contributed by atoms with van der Waals surface area (Å²) in [6.45, 7) is 0.426. The maximum atomic E-state index is 13.2. The van der Waals surface area contributed by atoms with Gasteiger partial charge in [-0.1, -0.05) is 48.5 Å². The van der Waals surface area contributed by atoms with Crippen LogP contribution in [0.3, 0.4) is 0 Å². The lowest BCUT2D eigenvalue weighted by molar-refractivity contribution is -0.0494. The van der Waals surface area contributed by atoms with Gasteiger partial charge in [-0.3, -0.25) is 4.79 Å². The third kappa shape index (κ3) is 2.73. The number of para-hydroxylation sites is 1. The molecule has 1 aromatic heterocycles. The fraction of sp³-hybridized carbons (Fsp3) is 0.273. The van der Waals surface area contributed by atoms with Gasteiger partial charge in [-0.15, -0.1) is 0 Å². The van der Waals surface area contributed by atoms with Crippen LogP contribution >= 0.6 is 0 Å². The Morgan fingerprint density at radius 1 is 1.11 bits per heavy atom. The SMILES string of the molecule is O=C(NC12COC(CO)(C1)C2)c1cc(-c2ccccc2)nn1-c1ccccc1. The highest BCUT2D eigenvalue weighted by Gasteiger charge is 2.63. The molecule has 1 aliphatic carbocycles. The highest BCUT2D eigenvalue weighted by atomic mass is 16.5. The van der Waals surface area contributed by atoms with Gasteiger partial charge in [-0.05, 0) is 18.2 Å². The molecule has 3 aromatic rings. The molecule has 3 aliphatic rings. The molecule has 0 radical (unpaired) electrons. The number of aromatic nitrogens is 2. The summed E-state index contributed by atoms with van der Waals surface area (Å²) >= 11 is 0. The number of nitrogens with zero attached hydrogens (tertiary/aromatic N) is 2. The summed E-state index contributed by atoms with van der Waals surface area (Å²) in [5.74, 6) is -0.185. The number of carbonyl (C=O) groups excluding carboxylic acids is 1. The van der Waals surface area contributed by atoms with Gasteiger partial charge >= 0.3 is 0 Å². The third-order valence-electron chi connectivity index (χ3n) is 5.65. The fourth-order valence-corrected chi connectivity index (χ4v) is 4.32. The van der Waals surface area contributed by atoms with Crippen molar-refractivity contribution in [1.82, 2.24) is 15.1 Å². The van der Waals surface area contributed by atoms with Crippen molar-refractivity contribution < 1.29 is 14.6 Å². The molecule has 0 spiro atoms. The van der Waals surface area contributed by atoms with E-state index < -0.39 is 11.1 Å². The van der Waals surface area contributed by atoms with Crippen molar-refractivity contribution in [1.29, 1.82) is 0 Å². The number of carbonyl (C=O) groups is 1. The molecule has 3 heterocycles. The number of ether oxygens (including phenoxy) is 1. The first kappa shape index (κ1) is 17.2. The van der Waals surface area contributed by atoms with Gasteiger partial charge in [0.2, 0.25) is 0 Å². The van der Waals surface area contributed by atoms with Crippen LogP contribution in [0.15, 0.2) is 66.7 Å². The van der Waals surface area contributed by atoms with E-state index in [-0.39, 0.29) is 12.5 Å². The molecular formula is C22H21N3O3. The first-order valence-corrected chi connectivity index (χ1v) is 9.40. The van der Waals surface area contributed by atoms with Crippen molar-refractivity contribution >= 4 is 5.91 Å². The molecule has 2 saturated heterocycles. The molecule has 0 atom stereocenters. The zero-order chi connectivity index (χ0) is 19.2. The molecule has 6 heteroatoms. The standard InChI is InChI=1S/C22H21N3O3/c26-14-22-12-21(13-22,15-28-22)23-20(27)19-11-18(16-7-3-1-4-8-16)24-25(19)17-9-5-2-6-10-17/h1-11,26H,12-15H2,(H,23,27). The first-order valence-electron chi connectivity index (χ1n) is 9.40. The quantitative estimate of drug-likeness (QED) is 0.719. The Morgan fingerprint density at radius 2 is 1.79 bits per heavy atom. The maximum absolute atomic E-state index is 13.2. The van der Waals surface area contributed by atoms with Gasteiger partial charge in [0.15, 0.2) is 0 Å². The van der Waals surface area contributed by atoms with E-state index in [9.17, 15) is 9.90 Å². The Bertz CT molecular complexity index is 1010. The number of hydrogen-bond donors (Lipinski definition) is 2. The second-order valence-electron chi connectivity index (χ2n) is 7.75. The molecule has 0 unspecified atom stereocenters. The predicted molar refractivity (Wildman–Crippen MR) is 104 cm³/mol. The van der Waals surface area contributed by atoms with Crippen LogP contribution in [0, 0.1) is 0 Å². The number of nitrogens with one attached hydrogen (secondary N) is 1. The van der Waals surface area contributed by atoms with E-state index in [1.54, 1.807) is 4.68 Å². The molecule has 1 saturated carbocycles. The van der Waals surface area contributed by atoms with E-state index in [0.29, 0.717) is 25.1 Å². The first-order chi connectivity index (χ1) is 13.6. The van der Waals surface area contributed by atoms with Crippen LogP contribution in [0.2, 0.25) is 0 Å². The zero-order valence-electron chi connectivity index (χ0n) is 15.3. The summed E-state index contributed by atoms with van der Waals surface area (Å²) in [4.78, 5) is 13.2. The molecule has 6 rings (SSSR count). The number of aliphatic hydroxyl groups is 1. The molecule has 28 heavy (non-hydrogen) atoms. The summed E-state index contributed by atoms with van der Waals surface area (Å²) < 4.78 is 7.39. The van der Waals surface area contributed by atoms with Crippen LogP contribution in [0.25, 0.3) is 16.9 Å². The van der Waals surface area contributed by atoms with Gasteiger partial charge in [0.25, 0.3) is 5.91 Å². The van der Waals surface area contributed by atoms with Crippen molar-refractivity contribution in [3.05, 3.63) is 72.4 Å². The van der Waals surface area contributed by atoms with Crippen LogP contribution in [-0.4, -0.2) is 45.1 Å². The molecule has 1 amide bonds. The van der Waals surface area contributed by atoms with Crippen LogP contribution in [0.4, 0.5) is 0 Å². The maximum Gasteiger partial charge on any atom is 0.270 e. The Hall–Kier alpha value is -2.96. The molecule has 3 fully saturated rings. The lowest BCUT2D eigenvalue weighted by atomic mass is 9.69. The lowest BCUT2D eigenvalue weighted by Crippen LogP contribution is -2.61. The Morgan fingerprint density at radius 3 is 2.43 bits per heavy atom. The summed E-state index contributed by atoms with van der Waals surface area (Å²) in [5, 5.41) is 17.3. The van der Waals surface area contributed by atoms with Crippen LogP contribution in [0.1, 0.15) is 23.3 Å². The molecule has 2 bridgehead atoms. The average Bonchev–Trinajstić information content (AvgIpc) is 3.41. The largest absolute Gasteiger partial charge is 0.393 e. The van der Waals surface area contributed by atoms with E-state index in [1.807, 2.05) is 66.7 Å². The monoisotopic (exact) mass is 375 g/mol. The number of rotatable bonds is 5.